The molecule has 29 heavy (non-hydrogen) atoms. The summed E-state index contributed by atoms with van der Waals surface area (Å²) >= 11 is 0. The van der Waals surface area contributed by atoms with Gasteiger partial charge in [0.25, 0.3) is 5.91 Å². The summed E-state index contributed by atoms with van der Waals surface area (Å²) < 4.78 is 25.0. The first kappa shape index (κ1) is 20.8. The first-order valence-corrected chi connectivity index (χ1v) is 11.0. The number of carbonyl (C=O) groups excluding carboxylic acids is 2. The smallest absolute Gasteiger partial charge is 0.259 e. The molecule has 2 amide bonds. The number of sulfonamides is 1. The van der Waals surface area contributed by atoms with Crippen molar-refractivity contribution in [3.05, 3.63) is 59.2 Å². The van der Waals surface area contributed by atoms with Gasteiger partial charge in [-0.15, -0.1) is 0 Å². The summed E-state index contributed by atoms with van der Waals surface area (Å²) in [6.45, 7) is 2.13. The highest BCUT2D eigenvalue weighted by molar-refractivity contribution is 7.88. The van der Waals surface area contributed by atoms with Crippen LogP contribution in [0.3, 0.4) is 0 Å². The maximum atomic E-state index is 13.2. The summed E-state index contributed by atoms with van der Waals surface area (Å²) in [6.07, 6.45) is 1.06. The first-order chi connectivity index (χ1) is 13.7. The molecule has 0 aromatic heterocycles. The predicted molar refractivity (Wildman–Crippen MR) is 109 cm³/mol. The number of benzene rings is 2. The quantitative estimate of drug-likeness (QED) is 0.761. The predicted octanol–water partition coefficient (Wildman–Crippen LogP) is 1.24. The molecule has 0 bridgehead atoms. The highest BCUT2D eigenvalue weighted by Gasteiger charge is 2.30. The molecule has 2 aromatic rings. The van der Waals surface area contributed by atoms with Crippen LogP contribution in [-0.2, 0) is 21.4 Å². The second-order valence-electron chi connectivity index (χ2n) is 7.00. The minimum Gasteiger partial charge on any atom is -0.508 e. The molecule has 154 valence electrons. The summed E-state index contributed by atoms with van der Waals surface area (Å²) in [5.41, 5.74) is 2.44. The van der Waals surface area contributed by atoms with Crippen LogP contribution in [0.1, 0.15) is 21.5 Å². The number of phenols is 1. The molecule has 0 saturated carbocycles. The number of hydrogen-bond donors (Lipinski definition) is 2. The van der Waals surface area contributed by atoms with Gasteiger partial charge in [-0.2, -0.15) is 0 Å². The lowest BCUT2D eigenvalue weighted by molar-refractivity contribution is -0.129. The minimum absolute atomic E-state index is 0.0657. The maximum absolute atomic E-state index is 13.2. The van der Waals surface area contributed by atoms with E-state index in [2.05, 4.69) is 4.72 Å². The third-order valence-corrected chi connectivity index (χ3v) is 5.45. The highest BCUT2D eigenvalue weighted by atomic mass is 32.2. The Morgan fingerprint density at radius 2 is 1.90 bits per heavy atom. The van der Waals surface area contributed by atoms with E-state index in [0.29, 0.717) is 16.8 Å². The molecule has 0 unspecified atom stereocenters. The Morgan fingerprint density at radius 3 is 2.59 bits per heavy atom. The van der Waals surface area contributed by atoms with Gasteiger partial charge in [0.1, 0.15) is 12.3 Å². The summed E-state index contributed by atoms with van der Waals surface area (Å²) in [5, 5.41) is 9.61. The van der Waals surface area contributed by atoms with Crippen molar-refractivity contribution in [1.29, 1.82) is 0 Å². The van der Waals surface area contributed by atoms with E-state index in [9.17, 15) is 23.1 Å². The topological polar surface area (TPSA) is 107 Å². The molecule has 1 aliphatic rings. The standard InChI is InChI=1S/C20H23N3O5S/c1-14-11-16(24)7-8-17(14)20(26)23-13-19(25)22(10-9-21-29(2,27)28)12-15-5-3-4-6-18(15)23/h3-8,11,21,24H,9-10,12-13H2,1-2H3. The molecule has 9 heteroatoms. The number of carbonyl (C=O) groups is 2. The Hall–Kier alpha value is -2.91. The van der Waals surface area contributed by atoms with Crippen LogP contribution in [0.15, 0.2) is 42.5 Å². The van der Waals surface area contributed by atoms with Crippen LogP contribution in [0.25, 0.3) is 0 Å². The zero-order valence-electron chi connectivity index (χ0n) is 16.3. The summed E-state index contributed by atoms with van der Waals surface area (Å²) in [4.78, 5) is 29.0. The Kier molecular flexibility index (Phi) is 5.90. The van der Waals surface area contributed by atoms with E-state index in [1.54, 1.807) is 25.1 Å². The third-order valence-electron chi connectivity index (χ3n) is 4.72. The van der Waals surface area contributed by atoms with Gasteiger partial charge in [-0.1, -0.05) is 18.2 Å². The molecular weight excluding hydrogens is 394 g/mol. The molecule has 0 fully saturated rings. The second kappa shape index (κ2) is 8.22. The first-order valence-electron chi connectivity index (χ1n) is 9.07. The minimum atomic E-state index is -3.35. The Bertz CT molecular complexity index is 1050. The normalized spacial score (nSPS) is 14.5. The number of aromatic hydroxyl groups is 1. The fraction of sp³-hybridized carbons (Fsp3) is 0.300. The number of para-hydroxylation sites is 1. The van der Waals surface area contributed by atoms with E-state index in [0.717, 1.165) is 11.8 Å². The second-order valence-corrected chi connectivity index (χ2v) is 8.83. The van der Waals surface area contributed by atoms with Crippen molar-refractivity contribution < 1.29 is 23.1 Å². The lowest BCUT2D eigenvalue weighted by Crippen LogP contribution is -2.42. The fourth-order valence-electron chi connectivity index (χ4n) is 3.31. The molecule has 2 aromatic carbocycles. The van der Waals surface area contributed by atoms with Crippen LogP contribution in [0.4, 0.5) is 5.69 Å². The van der Waals surface area contributed by atoms with E-state index in [-0.39, 0.29) is 43.7 Å². The van der Waals surface area contributed by atoms with Crippen LogP contribution in [0.5, 0.6) is 5.75 Å². The monoisotopic (exact) mass is 417 g/mol. The number of fused-ring (bicyclic) bond motifs is 1. The lowest BCUT2D eigenvalue weighted by atomic mass is 10.1. The summed E-state index contributed by atoms with van der Waals surface area (Å²) in [7, 11) is -3.35. The van der Waals surface area contributed by atoms with Gasteiger partial charge >= 0.3 is 0 Å². The molecule has 0 radical (unpaired) electrons. The van der Waals surface area contributed by atoms with Gasteiger partial charge in [0.15, 0.2) is 0 Å². The van der Waals surface area contributed by atoms with E-state index in [1.165, 1.54) is 21.9 Å². The molecule has 0 saturated heterocycles. The van der Waals surface area contributed by atoms with E-state index >= 15 is 0 Å². The van der Waals surface area contributed by atoms with Crippen molar-refractivity contribution in [2.24, 2.45) is 0 Å². The molecule has 3 rings (SSSR count). The van der Waals surface area contributed by atoms with Crippen molar-refractivity contribution in [1.82, 2.24) is 9.62 Å². The van der Waals surface area contributed by atoms with Gasteiger partial charge < -0.3 is 10.0 Å². The molecule has 1 heterocycles. The van der Waals surface area contributed by atoms with Gasteiger partial charge in [-0.25, -0.2) is 13.1 Å². The maximum Gasteiger partial charge on any atom is 0.259 e. The number of anilines is 1. The van der Waals surface area contributed by atoms with Gasteiger partial charge in [-0.3, -0.25) is 14.5 Å². The van der Waals surface area contributed by atoms with E-state index in [4.69, 9.17) is 0 Å². The molecule has 1 aliphatic heterocycles. The van der Waals surface area contributed by atoms with Crippen LogP contribution < -0.4 is 9.62 Å². The van der Waals surface area contributed by atoms with Crippen molar-refractivity contribution in [2.45, 2.75) is 13.5 Å². The Labute approximate surface area is 169 Å². The van der Waals surface area contributed by atoms with Gasteiger partial charge in [0.2, 0.25) is 15.9 Å². The number of rotatable bonds is 5. The van der Waals surface area contributed by atoms with Crippen LogP contribution >= 0.6 is 0 Å². The molecule has 0 aliphatic carbocycles. The number of phenolic OH excluding ortho intramolecular Hbond substituents is 1. The van der Waals surface area contributed by atoms with Crippen molar-refractivity contribution in [2.75, 3.05) is 30.8 Å². The van der Waals surface area contributed by atoms with Gasteiger partial charge in [0, 0.05) is 30.9 Å². The lowest BCUT2D eigenvalue weighted by Gasteiger charge is -2.23. The summed E-state index contributed by atoms with van der Waals surface area (Å²) in [5.74, 6) is -0.545. The third kappa shape index (κ3) is 4.93. The number of aryl methyl sites for hydroxylation is 1. The van der Waals surface area contributed by atoms with E-state index < -0.39 is 10.0 Å². The number of amides is 2. The fourth-order valence-corrected chi connectivity index (χ4v) is 3.77. The average molecular weight is 417 g/mol. The van der Waals surface area contributed by atoms with Crippen LogP contribution in [0, 0.1) is 6.92 Å². The SMILES string of the molecule is Cc1cc(O)ccc1C(=O)N1CC(=O)N(CCNS(C)(=O)=O)Cc2ccccc21. The van der Waals surface area contributed by atoms with E-state index in [1.807, 2.05) is 12.1 Å². The average Bonchev–Trinajstić information content (AvgIpc) is 2.77. The number of hydrogen-bond acceptors (Lipinski definition) is 5. The number of nitrogens with one attached hydrogen (secondary N) is 1. The molecule has 0 spiro atoms. The van der Waals surface area contributed by atoms with Crippen molar-refractivity contribution in [3.63, 3.8) is 0 Å². The molecule has 0 atom stereocenters. The largest absolute Gasteiger partial charge is 0.508 e. The van der Waals surface area contributed by atoms with Crippen molar-refractivity contribution >= 4 is 27.5 Å². The molecular formula is C20H23N3O5S. The summed E-state index contributed by atoms with van der Waals surface area (Å²) in [6, 6.07) is 11.7. The molecule has 8 nitrogen and oxygen atoms in total. The van der Waals surface area contributed by atoms with Crippen LogP contribution in [0.2, 0.25) is 0 Å². The Morgan fingerprint density at radius 1 is 1.17 bits per heavy atom. The van der Waals surface area contributed by atoms with Gasteiger partial charge in [-0.05, 0) is 42.3 Å². The molecule has 2 N–H and O–H groups in total. The highest BCUT2D eigenvalue weighted by Crippen LogP contribution is 2.28. The Balaban J connectivity index is 1.90. The van der Waals surface area contributed by atoms with Crippen molar-refractivity contribution in [3.8, 4) is 5.75 Å². The zero-order chi connectivity index (χ0) is 21.2. The van der Waals surface area contributed by atoms with Crippen LogP contribution in [-0.4, -0.2) is 56.1 Å². The number of nitrogens with zero attached hydrogens (tertiary/aromatic N) is 2. The zero-order valence-corrected chi connectivity index (χ0v) is 17.1. The van der Waals surface area contributed by atoms with Gasteiger partial charge in [0.05, 0.1) is 6.26 Å².